The molecule has 8 heterocycles. The van der Waals surface area contributed by atoms with E-state index in [0.717, 1.165) is 135 Å². The largest absolute Gasteiger partial charge is 0.469 e. The lowest BCUT2D eigenvalue weighted by Gasteiger charge is -2.25. The summed E-state index contributed by atoms with van der Waals surface area (Å²) >= 11 is 6.24. The fourth-order valence-electron chi connectivity index (χ4n) is 11.9. The van der Waals surface area contributed by atoms with E-state index < -0.39 is 0 Å². The van der Waals surface area contributed by atoms with Crippen LogP contribution in [0.25, 0.3) is 22.1 Å². The maximum absolute atomic E-state index is 12.0. The van der Waals surface area contributed by atoms with Crippen LogP contribution in [0.5, 0.6) is 0 Å². The molecule has 0 unspecified atom stereocenters. The highest BCUT2D eigenvalue weighted by Crippen LogP contribution is 2.40. The van der Waals surface area contributed by atoms with E-state index in [1.807, 2.05) is 22.6 Å². The number of nitrogen functional groups attached to an aromatic ring is 3. The van der Waals surface area contributed by atoms with Crippen LogP contribution in [0.15, 0.2) is 33.2 Å². The van der Waals surface area contributed by atoms with E-state index >= 15 is 0 Å². The molecule has 33 heteroatoms. The van der Waals surface area contributed by atoms with E-state index in [1.54, 1.807) is 13.5 Å². The van der Waals surface area contributed by atoms with Crippen LogP contribution in [0.2, 0.25) is 0 Å². The van der Waals surface area contributed by atoms with Crippen molar-refractivity contribution in [2.24, 2.45) is 23.7 Å². The number of H-pyrrole nitrogens is 3. The SMILES string of the molecule is COC(=O)C1CCC(c2nc(I)c3c(=O)[nH]c(N)nn23)CC1.COC(=O)C1CCC(c2nc(I)c3c(=O)[nH]cnn23)CC1.COC(=O)C1CCC(c2nc(I)c3c(N)ncnn23)CC1.COC(=O)C1CCC(c2ncc3c(=O)[nH]c(N)nn23)CC1. The molecule has 0 amide bonds. The molecule has 0 atom stereocenters. The first-order chi connectivity index (χ1) is 40.8. The van der Waals surface area contributed by atoms with Gasteiger partial charge in [0.15, 0.2) is 22.4 Å². The average Bonchev–Trinajstić information content (AvgIpc) is 3.94. The Balaban J connectivity index is 0.000000136. The Bertz CT molecular complexity index is 3910. The Morgan fingerprint density at radius 2 is 0.835 bits per heavy atom. The smallest absolute Gasteiger partial charge is 0.308 e. The number of carbonyl (C=O) groups excluding carboxylic acids is 4. The van der Waals surface area contributed by atoms with Crippen molar-refractivity contribution in [2.75, 3.05) is 45.6 Å². The van der Waals surface area contributed by atoms with Gasteiger partial charge in [-0.1, -0.05) is 0 Å². The zero-order valence-electron chi connectivity index (χ0n) is 46.8. The second-order valence-corrected chi connectivity index (χ2v) is 24.3. The van der Waals surface area contributed by atoms with Gasteiger partial charge in [0.05, 0.1) is 58.3 Å². The summed E-state index contributed by atoms with van der Waals surface area (Å²) in [5, 5.41) is 16.8. The first kappa shape index (κ1) is 62.6. The second-order valence-electron chi connectivity index (χ2n) is 21.2. The van der Waals surface area contributed by atoms with Crippen molar-refractivity contribution in [1.29, 1.82) is 0 Å². The van der Waals surface area contributed by atoms with E-state index in [4.69, 9.17) is 36.1 Å². The standard InChI is InChI=1S/C13H16IN5O3.C13H16IN5O2.C13H15IN4O3.C13H17N5O3/c1-22-12(21)7-4-2-6(3-5-7)10-16-9(14)8-11(20)17-13(15)18-19(8)10;1-21-13(20)8-4-2-7(3-5-8)12-18-10(14)9-11(15)16-6-17-19(9)12;1-21-13(20)8-4-2-7(3-5-8)11-17-10(14)9-12(19)15-6-16-18(9)11;1-21-12(20)8-4-2-7(3-5-8)10-15-6-9-11(19)16-13(14)17-18(9)10/h6-7H,2-5H2,1H3,(H3,15,17,18,20);6-8H,2-5H2,1H3,(H2,15,16,17);6-8H,2-5H2,1H3,(H,15,16,19);6-8H,2-5H2,1H3,(H3,14,16,17,19). The lowest BCUT2D eigenvalue weighted by Crippen LogP contribution is -2.24. The Hall–Kier alpha value is -6.93. The van der Waals surface area contributed by atoms with Gasteiger partial charge >= 0.3 is 23.9 Å². The van der Waals surface area contributed by atoms with Crippen molar-refractivity contribution < 1.29 is 38.1 Å². The van der Waals surface area contributed by atoms with Crippen LogP contribution in [0.3, 0.4) is 0 Å². The summed E-state index contributed by atoms with van der Waals surface area (Å²) in [6.07, 6.45) is 17.3. The highest BCUT2D eigenvalue weighted by molar-refractivity contribution is 14.1. The second kappa shape index (κ2) is 27.6. The van der Waals surface area contributed by atoms with Crippen molar-refractivity contribution in [2.45, 2.75) is 126 Å². The Morgan fingerprint density at radius 1 is 0.471 bits per heavy atom. The average molecular weight is 1510 g/mol. The Morgan fingerprint density at radius 3 is 1.27 bits per heavy atom. The molecule has 0 aliphatic heterocycles. The van der Waals surface area contributed by atoms with E-state index in [1.165, 1.54) is 51.8 Å². The number of anilines is 3. The normalized spacial score (nSPS) is 22.2. The lowest BCUT2D eigenvalue weighted by atomic mass is 9.81. The van der Waals surface area contributed by atoms with E-state index in [9.17, 15) is 33.6 Å². The zero-order valence-corrected chi connectivity index (χ0v) is 53.3. The third-order valence-electron chi connectivity index (χ3n) is 16.3. The van der Waals surface area contributed by atoms with Gasteiger partial charge in [0, 0.05) is 23.7 Å². The topological polar surface area (TPSA) is 415 Å². The summed E-state index contributed by atoms with van der Waals surface area (Å²) in [7, 11) is 5.70. The molecule has 4 aliphatic rings. The number of nitrogens with two attached hydrogens (primary N) is 3. The quantitative estimate of drug-likeness (QED) is 0.0680. The maximum atomic E-state index is 12.0. The summed E-state index contributed by atoms with van der Waals surface area (Å²) < 4.78 is 27.8. The number of aromatic amines is 3. The minimum absolute atomic E-state index is 0.0104. The number of rotatable bonds is 8. The molecular weight excluding hydrogens is 1450 g/mol. The zero-order chi connectivity index (χ0) is 60.8. The lowest BCUT2D eigenvalue weighted by molar-refractivity contribution is -0.147. The van der Waals surface area contributed by atoms with Crippen LogP contribution in [0, 0.1) is 34.8 Å². The fourth-order valence-corrected chi connectivity index (χ4v) is 14.1. The minimum atomic E-state index is -0.301. The molecule has 9 N–H and O–H groups in total. The number of methoxy groups -OCH3 is 4. The number of hydrogen-bond donors (Lipinski definition) is 6. The van der Waals surface area contributed by atoms with Crippen LogP contribution < -0.4 is 33.9 Å². The van der Waals surface area contributed by atoms with Gasteiger partial charge in [-0.05, 0) is 171 Å². The van der Waals surface area contributed by atoms with Crippen molar-refractivity contribution >= 4 is 131 Å². The third kappa shape index (κ3) is 13.7. The van der Waals surface area contributed by atoms with Crippen LogP contribution in [0.1, 0.15) is 150 Å². The summed E-state index contributed by atoms with van der Waals surface area (Å²) in [5.74, 6) is 3.94. The van der Waals surface area contributed by atoms with Crippen LogP contribution in [-0.2, 0) is 38.1 Å². The molecule has 85 heavy (non-hydrogen) atoms. The summed E-state index contributed by atoms with van der Waals surface area (Å²) in [5.41, 5.74) is 18.4. The first-order valence-corrected chi connectivity index (χ1v) is 30.8. The number of halogens is 3. The molecular formula is C52H64I3N19O11. The molecule has 4 saturated carbocycles. The van der Waals surface area contributed by atoms with Crippen LogP contribution >= 0.6 is 67.8 Å². The van der Waals surface area contributed by atoms with E-state index in [-0.39, 0.29) is 99.8 Å². The van der Waals surface area contributed by atoms with E-state index in [2.05, 4.69) is 105 Å². The van der Waals surface area contributed by atoms with Gasteiger partial charge in [0.2, 0.25) is 11.9 Å². The van der Waals surface area contributed by atoms with Crippen molar-refractivity contribution in [3.63, 3.8) is 0 Å². The van der Waals surface area contributed by atoms with Gasteiger partial charge < -0.3 is 41.1 Å². The number of aromatic nitrogens is 16. The molecule has 0 radical (unpaired) electrons. The van der Waals surface area contributed by atoms with Gasteiger partial charge in [-0.25, -0.2) is 43.0 Å². The maximum Gasteiger partial charge on any atom is 0.308 e. The number of fused-ring (bicyclic) bond motifs is 4. The Kier molecular flexibility index (Phi) is 20.3. The van der Waals surface area contributed by atoms with Crippen molar-refractivity contribution in [3.8, 4) is 0 Å². The van der Waals surface area contributed by atoms with Gasteiger partial charge in [-0.3, -0.25) is 43.5 Å². The monoisotopic (exact) mass is 1510 g/mol. The molecule has 0 spiro atoms. The first-order valence-electron chi connectivity index (χ1n) is 27.6. The van der Waals surface area contributed by atoms with Gasteiger partial charge in [-0.15, -0.1) is 10.2 Å². The van der Waals surface area contributed by atoms with Gasteiger partial charge in [0.1, 0.15) is 52.6 Å². The highest BCUT2D eigenvalue weighted by Gasteiger charge is 2.35. The van der Waals surface area contributed by atoms with Crippen LogP contribution in [-0.4, -0.2) is 131 Å². The number of nitrogens with one attached hydrogen (secondary N) is 3. The molecule has 4 aliphatic carbocycles. The number of esters is 4. The summed E-state index contributed by atoms with van der Waals surface area (Å²) in [6.45, 7) is 0. The van der Waals surface area contributed by atoms with E-state index in [0.29, 0.717) is 29.8 Å². The third-order valence-corrected chi connectivity index (χ3v) is 18.6. The molecule has 454 valence electrons. The number of nitrogens with zero attached hydrogens (tertiary/aromatic N) is 13. The molecule has 8 aromatic rings. The number of ether oxygens (including phenoxy) is 4. The summed E-state index contributed by atoms with van der Waals surface area (Å²) in [4.78, 5) is 111. The molecule has 0 saturated heterocycles. The highest BCUT2D eigenvalue weighted by atomic mass is 127. The molecule has 0 bridgehead atoms. The summed E-state index contributed by atoms with van der Waals surface area (Å²) in [6, 6.07) is 0. The predicted octanol–water partition coefficient (Wildman–Crippen LogP) is 4.72. The van der Waals surface area contributed by atoms with Crippen LogP contribution in [0.4, 0.5) is 17.7 Å². The van der Waals surface area contributed by atoms with Gasteiger partial charge in [0.25, 0.3) is 16.7 Å². The van der Waals surface area contributed by atoms with Crippen molar-refractivity contribution in [1.82, 2.24) is 78.3 Å². The molecule has 8 aromatic heterocycles. The number of imidazole rings is 4. The Labute approximate surface area is 524 Å². The van der Waals surface area contributed by atoms with Crippen molar-refractivity contribution in [3.05, 3.63) is 84.3 Å². The number of carbonyl (C=O) groups is 4. The molecule has 30 nitrogen and oxygen atoms in total. The molecule has 4 fully saturated rings. The predicted molar refractivity (Wildman–Crippen MR) is 330 cm³/mol. The molecule has 0 aromatic carbocycles. The number of hydrogen-bond acceptors (Lipinski definition) is 23. The van der Waals surface area contributed by atoms with Gasteiger partial charge in [-0.2, -0.15) is 10.2 Å². The minimum Gasteiger partial charge on any atom is -0.469 e. The fraction of sp³-hybridized carbons (Fsp3) is 0.538. The molecule has 12 rings (SSSR count).